The molecule has 3 rings (SSSR count). The average Bonchev–Trinajstić information content (AvgIpc) is 2.73. The van der Waals surface area contributed by atoms with Gasteiger partial charge in [0.05, 0.1) is 6.54 Å². The first-order valence-corrected chi connectivity index (χ1v) is 8.54. The maximum absolute atomic E-state index is 12.6. The van der Waals surface area contributed by atoms with E-state index in [0.29, 0.717) is 23.6 Å². The molecule has 5 nitrogen and oxygen atoms in total. The quantitative estimate of drug-likeness (QED) is 0.578. The second-order valence-corrected chi connectivity index (χ2v) is 5.70. The van der Waals surface area contributed by atoms with Crippen LogP contribution in [-0.4, -0.2) is 25.5 Å². The van der Waals surface area contributed by atoms with Crippen molar-refractivity contribution in [1.82, 2.24) is 0 Å². The Bertz CT molecular complexity index is 864. The van der Waals surface area contributed by atoms with Gasteiger partial charge in [-0.2, -0.15) is 0 Å². The molecule has 0 radical (unpaired) electrons. The second kappa shape index (κ2) is 9.20. The number of amides is 1. The zero-order chi connectivity index (χ0) is 18.9. The van der Waals surface area contributed by atoms with Gasteiger partial charge in [0.2, 0.25) is 0 Å². The summed E-state index contributed by atoms with van der Waals surface area (Å²) in [4.78, 5) is 24.9. The highest BCUT2D eigenvalue weighted by molar-refractivity contribution is 5.89. The molecule has 1 amide bonds. The van der Waals surface area contributed by atoms with Gasteiger partial charge < -0.3 is 9.47 Å². The lowest BCUT2D eigenvalue weighted by Crippen LogP contribution is -2.36. The number of carbonyl (C=O) groups excluding carboxylic acids is 2. The van der Waals surface area contributed by atoms with Crippen molar-refractivity contribution in [3.05, 3.63) is 90.5 Å². The Morgan fingerprint density at radius 2 is 1.44 bits per heavy atom. The van der Waals surface area contributed by atoms with Crippen LogP contribution >= 0.6 is 0 Å². The van der Waals surface area contributed by atoms with Gasteiger partial charge in [-0.25, -0.2) is 4.79 Å². The van der Waals surface area contributed by atoms with E-state index in [-0.39, 0.29) is 6.61 Å². The lowest BCUT2D eigenvalue weighted by atomic mass is 10.2. The Kier molecular flexibility index (Phi) is 6.20. The molecule has 0 saturated heterocycles. The predicted molar refractivity (Wildman–Crippen MR) is 104 cm³/mol. The van der Waals surface area contributed by atoms with E-state index in [1.807, 2.05) is 48.5 Å². The van der Waals surface area contributed by atoms with E-state index in [9.17, 15) is 9.59 Å². The molecule has 0 spiro atoms. The van der Waals surface area contributed by atoms with Gasteiger partial charge in [-0.3, -0.25) is 9.69 Å². The lowest BCUT2D eigenvalue weighted by Gasteiger charge is -2.22. The lowest BCUT2D eigenvalue weighted by molar-refractivity contribution is 0.112. The average molecular weight is 361 g/mol. The normalized spacial score (nSPS) is 10.1. The van der Waals surface area contributed by atoms with Gasteiger partial charge in [0.1, 0.15) is 24.4 Å². The van der Waals surface area contributed by atoms with Gasteiger partial charge in [-0.05, 0) is 48.5 Å². The van der Waals surface area contributed by atoms with Crippen LogP contribution in [0.5, 0.6) is 11.5 Å². The molecule has 0 aliphatic rings. The van der Waals surface area contributed by atoms with Crippen molar-refractivity contribution in [2.24, 2.45) is 0 Å². The number of anilines is 1. The van der Waals surface area contributed by atoms with E-state index in [4.69, 9.17) is 9.47 Å². The van der Waals surface area contributed by atoms with Crippen LogP contribution in [0.2, 0.25) is 0 Å². The summed E-state index contributed by atoms with van der Waals surface area (Å²) in [6.07, 6.45) is 0.299. The van der Waals surface area contributed by atoms with Crippen molar-refractivity contribution in [1.29, 1.82) is 0 Å². The molecule has 0 unspecified atom stereocenters. The fourth-order valence-electron chi connectivity index (χ4n) is 2.48. The Balaban J connectivity index is 1.66. The largest absolute Gasteiger partial charge is 0.492 e. The first-order chi connectivity index (χ1) is 13.3. The summed E-state index contributed by atoms with van der Waals surface area (Å²) < 4.78 is 11.1. The smallest absolute Gasteiger partial charge is 0.419 e. The third kappa shape index (κ3) is 5.19. The molecule has 0 aliphatic carbocycles. The van der Waals surface area contributed by atoms with E-state index >= 15 is 0 Å². The standard InChI is InChI=1S/C22H19NO4/c24-17-18-11-13-20(14-12-18)26-16-15-23(19-7-3-1-4-8-19)22(25)27-21-9-5-2-6-10-21/h1-14,17H,15-16H2. The Labute approximate surface area is 157 Å². The van der Waals surface area contributed by atoms with Crippen LogP contribution in [0.1, 0.15) is 10.4 Å². The zero-order valence-corrected chi connectivity index (χ0v) is 14.7. The summed E-state index contributed by atoms with van der Waals surface area (Å²) in [5.74, 6) is 1.11. The number of ether oxygens (including phenoxy) is 2. The van der Waals surface area contributed by atoms with Crippen LogP contribution in [0, 0.1) is 0 Å². The SMILES string of the molecule is O=Cc1ccc(OCCN(C(=O)Oc2ccccc2)c2ccccc2)cc1. The molecule has 0 atom stereocenters. The molecule has 5 heteroatoms. The zero-order valence-electron chi connectivity index (χ0n) is 14.7. The van der Waals surface area contributed by atoms with Crippen molar-refractivity contribution in [2.75, 3.05) is 18.1 Å². The molecule has 3 aromatic rings. The minimum absolute atomic E-state index is 0.277. The molecule has 0 fully saturated rings. The van der Waals surface area contributed by atoms with Crippen LogP contribution in [0.25, 0.3) is 0 Å². The highest BCUT2D eigenvalue weighted by Gasteiger charge is 2.18. The molecule has 27 heavy (non-hydrogen) atoms. The number of rotatable bonds is 7. The van der Waals surface area contributed by atoms with Gasteiger partial charge in [-0.15, -0.1) is 0 Å². The van der Waals surface area contributed by atoms with E-state index in [0.717, 1.165) is 12.0 Å². The van der Waals surface area contributed by atoms with Gasteiger partial charge >= 0.3 is 6.09 Å². The molecular weight excluding hydrogens is 342 g/mol. The van der Waals surface area contributed by atoms with Crippen molar-refractivity contribution in [3.8, 4) is 11.5 Å². The van der Waals surface area contributed by atoms with Crippen LogP contribution in [0.4, 0.5) is 10.5 Å². The van der Waals surface area contributed by atoms with Crippen LogP contribution in [0.15, 0.2) is 84.9 Å². The van der Waals surface area contributed by atoms with Gasteiger partial charge in [0, 0.05) is 11.3 Å². The van der Waals surface area contributed by atoms with E-state index in [1.165, 1.54) is 4.90 Å². The predicted octanol–water partition coefficient (Wildman–Crippen LogP) is 4.58. The number of nitrogens with zero attached hydrogens (tertiary/aromatic N) is 1. The minimum atomic E-state index is -0.479. The first-order valence-electron chi connectivity index (χ1n) is 8.54. The van der Waals surface area contributed by atoms with Crippen molar-refractivity contribution >= 4 is 18.1 Å². The maximum atomic E-state index is 12.6. The number of hydrogen-bond acceptors (Lipinski definition) is 4. The first kappa shape index (κ1) is 18.2. The molecule has 0 heterocycles. The summed E-state index contributed by atoms with van der Waals surface area (Å²) >= 11 is 0. The summed E-state index contributed by atoms with van der Waals surface area (Å²) in [7, 11) is 0. The third-order valence-electron chi connectivity index (χ3n) is 3.84. The van der Waals surface area contributed by atoms with Gasteiger partial charge in [0.25, 0.3) is 0 Å². The van der Waals surface area contributed by atoms with E-state index in [1.54, 1.807) is 36.4 Å². The molecule has 3 aromatic carbocycles. The molecule has 0 bridgehead atoms. The summed E-state index contributed by atoms with van der Waals surface area (Å²) in [5, 5.41) is 0. The number of aldehydes is 1. The number of carbonyl (C=O) groups is 2. The third-order valence-corrected chi connectivity index (χ3v) is 3.84. The van der Waals surface area contributed by atoms with Crippen molar-refractivity contribution < 1.29 is 19.1 Å². The number of benzene rings is 3. The monoisotopic (exact) mass is 361 g/mol. The van der Waals surface area contributed by atoms with Crippen LogP contribution in [-0.2, 0) is 0 Å². The van der Waals surface area contributed by atoms with Gasteiger partial charge in [0.15, 0.2) is 0 Å². The molecule has 0 aliphatic heterocycles. The molecule has 0 saturated carbocycles. The van der Waals surface area contributed by atoms with Crippen LogP contribution < -0.4 is 14.4 Å². The maximum Gasteiger partial charge on any atom is 0.419 e. The second-order valence-electron chi connectivity index (χ2n) is 5.70. The molecule has 136 valence electrons. The van der Waals surface area contributed by atoms with Crippen LogP contribution in [0.3, 0.4) is 0 Å². The summed E-state index contributed by atoms with van der Waals surface area (Å²) in [5.41, 5.74) is 1.30. The molecule has 0 N–H and O–H groups in total. The number of hydrogen-bond donors (Lipinski definition) is 0. The highest BCUT2D eigenvalue weighted by Crippen LogP contribution is 2.18. The molecular formula is C22H19NO4. The summed E-state index contributed by atoms with van der Waals surface area (Å²) in [6.45, 7) is 0.588. The van der Waals surface area contributed by atoms with Crippen molar-refractivity contribution in [3.63, 3.8) is 0 Å². The fourth-order valence-corrected chi connectivity index (χ4v) is 2.48. The number of para-hydroxylation sites is 2. The highest BCUT2D eigenvalue weighted by atomic mass is 16.6. The Morgan fingerprint density at radius 3 is 2.07 bits per heavy atom. The van der Waals surface area contributed by atoms with Gasteiger partial charge in [-0.1, -0.05) is 36.4 Å². The molecule has 0 aromatic heterocycles. The van der Waals surface area contributed by atoms with Crippen molar-refractivity contribution in [2.45, 2.75) is 0 Å². The Morgan fingerprint density at radius 1 is 0.815 bits per heavy atom. The fraction of sp³-hybridized carbons (Fsp3) is 0.0909. The van der Waals surface area contributed by atoms with E-state index in [2.05, 4.69) is 0 Å². The minimum Gasteiger partial charge on any atom is -0.492 e. The summed E-state index contributed by atoms with van der Waals surface area (Å²) in [6, 6.07) is 25.0. The topological polar surface area (TPSA) is 55.8 Å². The van der Waals surface area contributed by atoms with E-state index < -0.39 is 6.09 Å². The Hall–Kier alpha value is -3.60.